The minimum Gasteiger partial charge on any atom is -0.461 e. The second-order valence-corrected chi connectivity index (χ2v) is 5.25. The highest BCUT2D eigenvalue weighted by atomic mass is 16.5. The van der Waals surface area contributed by atoms with E-state index < -0.39 is 0 Å². The smallest absolute Gasteiger partial charge is 0.323 e. The molecule has 98 valence electrons. The van der Waals surface area contributed by atoms with Gasteiger partial charge in [0.1, 0.15) is 12.1 Å². The van der Waals surface area contributed by atoms with Crippen LogP contribution >= 0.6 is 0 Å². The molecule has 1 heterocycles. The van der Waals surface area contributed by atoms with Crippen LogP contribution in [0.25, 0.3) is 0 Å². The number of hydrogen-bond acceptors (Lipinski definition) is 4. The molecule has 2 aliphatic rings. The average molecular weight is 241 g/mol. The van der Waals surface area contributed by atoms with Crippen molar-refractivity contribution in [2.75, 3.05) is 20.7 Å². The van der Waals surface area contributed by atoms with Gasteiger partial charge in [0.25, 0.3) is 0 Å². The maximum absolute atomic E-state index is 12.1. The molecule has 0 N–H and O–H groups in total. The van der Waals surface area contributed by atoms with Gasteiger partial charge >= 0.3 is 5.97 Å². The van der Waals surface area contributed by atoms with Gasteiger partial charge in [0.15, 0.2) is 0 Å². The fourth-order valence-electron chi connectivity index (χ4n) is 2.82. The molecule has 1 saturated carbocycles. The predicted octanol–water partition coefficient (Wildman–Crippen LogP) is 1.58. The summed E-state index contributed by atoms with van der Waals surface area (Å²) in [5.41, 5.74) is 0. The molecule has 17 heavy (non-hydrogen) atoms. The van der Waals surface area contributed by atoms with Gasteiger partial charge in [0, 0.05) is 20.1 Å². The lowest BCUT2D eigenvalue weighted by Crippen LogP contribution is -2.36. The first kappa shape index (κ1) is 12.8. The van der Waals surface area contributed by atoms with Gasteiger partial charge in [-0.3, -0.25) is 9.69 Å². The molecular formula is C13H23NO3. The van der Waals surface area contributed by atoms with Gasteiger partial charge in [-0.15, -0.1) is 0 Å². The molecule has 0 aromatic heterocycles. The standard InChI is InChI=1S/C13H23NO3/c1-14-9-11(16-2)8-12(14)13(15)17-10-6-4-3-5-7-10/h10-12H,3-9H2,1-2H3/t11-,12+/m1/s1. The summed E-state index contributed by atoms with van der Waals surface area (Å²) in [6.07, 6.45) is 6.83. The molecular weight excluding hydrogens is 218 g/mol. The number of hydrogen-bond donors (Lipinski definition) is 0. The normalized spacial score (nSPS) is 31.6. The van der Waals surface area contributed by atoms with E-state index in [-0.39, 0.29) is 24.2 Å². The molecule has 1 saturated heterocycles. The van der Waals surface area contributed by atoms with Crippen LogP contribution in [0.1, 0.15) is 38.5 Å². The van der Waals surface area contributed by atoms with E-state index >= 15 is 0 Å². The molecule has 0 radical (unpaired) electrons. The lowest BCUT2D eigenvalue weighted by Gasteiger charge is -2.25. The SMILES string of the molecule is CO[C@@H]1C[C@@H](C(=O)OC2CCCCC2)N(C)C1. The van der Waals surface area contributed by atoms with Crippen LogP contribution < -0.4 is 0 Å². The van der Waals surface area contributed by atoms with Gasteiger partial charge in [-0.1, -0.05) is 6.42 Å². The first-order valence-electron chi connectivity index (χ1n) is 6.64. The maximum Gasteiger partial charge on any atom is 0.323 e. The Balaban J connectivity index is 1.82. The second kappa shape index (κ2) is 5.83. The highest BCUT2D eigenvalue weighted by Crippen LogP contribution is 2.24. The van der Waals surface area contributed by atoms with E-state index in [9.17, 15) is 4.79 Å². The van der Waals surface area contributed by atoms with E-state index in [0.717, 1.165) is 25.8 Å². The fourth-order valence-corrected chi connectivity index (χ4v) is 2.82. The largest absolute Gasteiger partial charge is 0.461 e. The molecule has 2 atom stereocenters. The van der Waals surface area contributed by atoms with E-state index in [1.54, 1.807) is 7.11 Å². The number of carbonyl (C=O) groups excluding carboxylic acids is 1. The molecule has 0 spiro atoms. The van der Waals surface area contributed by atoms with Gasteiger partial charge in [-0.05, 0) is 32.7 Å². The summed E-state index contributed by atoms with van der Waals surface area (Å²) >= 11 is 0. The fraction of sp³-hybridized carbons (Fsp3) is 0.923. The van der Waals surface area contributed by atoms with E-state index in [1.165, 1.54) is 19.3 Å². The lowest BCUT2D eigenvalue weighted by molar-refractivity contribution is -0.155. The first-order chi connectivity index (χ1) is 8.20. The van der Waals surface area contributed by atoms with Crippen LogP contribution in [0.4, 0.5) is 0 Å². The van der Waals surface area contributed by atoms with Gasteiger partial charge in [-0.2, -0.15) is 0 Å². The number of likely N-dealkylation sites (tertiary alicyclic amines) is 1. The van der Waals surface area contributed by atoms with E-state index in [1.807, 2.05) is 11.9 Å². The summed E-state index contributed by atoms with van der Waals surface area (Å²) in [5, 5.41) is 0. The summed E-state index contributed by atoms with van der Waals surface area (Å²) in [6, 6.07) is -0.109. The van der Waals surface area contributed by atoms with Gasteiger partial charge in [-0.25, -0.2) is 0 Å². The monoisotopic (exact) mass is 241 g/mol. The summed E-state index contributed by atoms with van der Waals surface area (Å²) in [5.74, 6) is -0.0565. The van der Waals surface area contributed by atoms with Crippen LogP contribution in [0.5, 0.6) is 0 Å². The second-order valence-electron chi connectivity index (χ2n) is 5.25. The number of ether oxygens (including phenoxy) is 2. The summed E-state index contributed by atoms with van der Waals surface area (Å²) in [4.78, 5) is 14.1. The van der Waals surface area contributed by atoms with E-state index in [2.05, 4.69) is 0 Å². The molecule has 2 rings (SSSR count). The van der Waals surface area contributed by atoms with Crippen molar-refractivity contribution < 1.29 is 14.3 Å². The molecule has 1 aliphatic heterocycles. The Bertz CT molecular complexity index is 263. The molecule has 4 nitrogen and oxygen atoms in total. The third-order valence-corrected chi connectivity index (χ3v) is 3.95. The molecule has 0 bridgehead atoms. The number of esters is 1. The van der Waals surface area contributed by atoms with Crippen molar-refractivity contribution in [3.8, 4) is 0 Å². The molecule has 0 unspecified atom stereocenters. The van der Waals surface area contributed by atoms with Gasteiger partial charge in [0.2, 0.25) is 0 Å². The number of carbonyl (C=O) groups is 1. The Labute approximate surface area is 103 Å². The number of likely N-dealkylation sites (N-methyl/N-ethyl adjacent to an activating group) is 1. The maximum atomic E-state index is 12.1. The zero-order chi connectivity index (χ0) is 12.3. The Morgan fingerprint density at radius 1 is 1.18 bits per heavy atom. The Morgan fingerprint density at radius 2 is 1.88 bits per heavy atom. The van der Waals surface area contributed by atoms with Crippen LogP contribution in [0, 0.1) is 0 Å². The Morgan fingerprint density at radius 3 is 2.47 bits per heavy atom. The molecule has 1 aliphatic carbocycles. The van der Waals surface area contributed by atoms with Crippen LogP contribution in [-0.4, -0.2) is 49.8 Å². The summed E-state index contributed by atoms with van der Waals surface area (Å²) in [6.45, 7) is 0.820. The number of rotatable bonds is 3. The zero-order valence-corrected chi connectivity index (χ0v) is 10.9. The van der Waals surface area contributed by atoms with E-state index in [0.29, 0.717) is 0 Å². The van der Waals surface area contributed by atoms with Gasteiger partial charge in [0.05, 0.1) is 6.10 Å². The van der Waals surface area contributed by atoms with E-state index in [4.69, 9.17) is 9.47 Å². The average Bonchev–Trinajstić information content (AvgIpc) is 2.72. The number of methoxy groups -OCH3 is 1. The molecule has 2 fully saturated rings. The van der Waals surface area contributed by atoms with Crippen molar-refractivity contribution in [3.63, 3.8) is 0 Å². The molecule has 4 heteroatoms. The summed E-state index contributed by atoms with van der Waals surface area (Å²) < 4.78 is 10.9. The minimum absolute atomic E-state index is 0.0565. The Hall–Kier alpha value is -0.610. The van der Waals surface area contributed by atoms with Crippen LogP contribution in [-0.2, 0) is 14.3 Å². The van der Waals surface area contributed by atoms with Crippen LogP contribution in [0.2, 0.25) is 0 Å². The topological polar surface area (TPSA) is 38.8 Å². The van der Waals surface area contributed by atoms with Crippen molar-refractivity contribution in [1.82, 2.24) is 4.90 Å². The van der Waals surface area contributed by atoms with Crippen molar-refractivity contribution in [1.29, 1.82) is 0 Å². The van der Waals surface area contributed by atoms with Crippen molar-refractivity contribution in [2.24, 2.45) is 0 Å². The molecule has 0 aromatic carbocycles. The highest BCUT2D eigenvalue weighted by Gasteiger charge is 2.36. The van der Waals surface area contributed by atoms with Crippen molar-refractivity contribution in [2.45, 2.75) is 56.8 Å². The third kappa shape index (κ3) is 3.19. The molecule has 0 amide bonds. The van der Waals surface area contributed by atoms with Crippen molar-refractivity contribution in [3.05, 3.63) is 0 Å². The first-order valence-corrected chi connectivity index (χ1v) is 6.64. The minimum atomic E-state index is -0.109. The van der Waals surface area contributed by atoms with Gasteiger partial charge < -0.3 is 9.47 Å². The van der Waals surface area contributed by atoms with Crippen LogP contribution in [0.15, 0.2) is 0 Å². The van der Waals surface area contributed by atoms with Crippen molar-refractivity contribution >= 4 is 5.97 Å². The lowest BCUT2D eigenvalue weighted by atomic mass is 9.98. The number of nitrogens with zero attached hydrogens (tertiary/aromatic N) is 1. The Kier molecular flexibility index (Phi) is 4.40. The predicted molar refractivity (Wildman–Crippen MR) is 64.8 cm³/mol. The zero-order valence-electron chi connectivity index (χ0n) is 10.9. The van der Waals surface area contributed by atoms with Crippen LogP contribution in [0.3, 0.4) is 0 Å². The quantitative estimate of drug-likeness (QED) is 0.703. The third-order valence-electron chi connectivity index (χ3n) is 3.95. The highest BCUT2D eigenvalue weighted by molar-refractivity contribution is 5.76. The molecule has 0 aromatic rings. The summed E-state index contributed by atoms with van der Waals surface area (Å²) in [7, 11) is 3.67.